The number of furan rings is 1. The van der Waals surface area contributed by atoms with Gasteiger partial charge in [0.15, 0.2) is 0 Å². The number of aromatic nitrogens is 2. The van der Waals surface area contributed by atoms with Crippen molar-refractivity contribution in [2.45, 2.75) is 0 Å². The molecule has 0 saturated carbocycles. The number of rotatable bonds is 3. The van der Waals surface area contributed by atoms with Gasteiger partial charge in [0.25, 0.3) is 0 Å². The summed E-state index contributed by atoms with van der Waals surface area (Å²) in [4.78, 5) is 11.1. The van der Waals surface area contributed by atoms with Crippen LogP contribution in [0.4, 0.5) is 0 Å². The van der Waals surface area contributed by atoms with Crippen molar-refractivity contribution in [1.82, 2.24) is 9.97 Å². The molecule has 0 fully saturated rings. The maximum Gasteiger partial charge on any atom is 0.143 e. The van der Waals surface area contributed by atoms with Gasteiger partial charge in [0.05, 0.1) is 22.4 Å². The molecule has 3 heteroatoms. The van der Waals surface area contributed by atoms with Crippen LogP contribution in [0.3, 0.4) is 0 Å². The molecule has 47 heavy (non-hydrogen) atoms. The lowest BCUT2D eigenvalue weighted by Gasteiger charge is -2.16. The minimum atomic E-state index is 0.855. The molecule has 10 rings (SSSR count). The van der Waals surface area contributed by atoms with Crippen molar-refractivity contribution in [2.24, 2.45) is 0 Å². The summed E-state index contributed by atoms with van der Waals surface area (Å²) in [5.41, 5.74) is 9.52. The number of fused-ring (bicyclic) bond motifs is 10. The van der Waals surface area contributed by atoms with E-state index in [0.717, 1.165) is 82.8 Å². The molecular formula is C44H26N2O. The molecular weight excluding hydrogens is 572 g/mol. The second-order valence-electron chi connectivity index (χ2n) is 12.1. The smallest absolute Gasteiger partial charge is 0.143 e. The van der Waals surface area contributed by atoms with Crippen LogP contribution in [0.15, 0.2) is 162 Å². The third-order valence-corrected chi connectivity index (χ3v) is 9.45. The lowest BCUT2D eigenvalue weighted by atomic mass is 9.94. The molecule has 0 aliphatic heterocycles. The van der Waals surface area contributed by atoms with Crippen LogP contribution in [0.2, 0.25) is 0 Å². The zero-order chi connectivity index (χ0) is 30.9. The first-order chi connectivity index (χ1) is 23.3. The Morgan fingerprint density at radius 2 is 0.894 bits per heavy atom. The van der Waals surface area contributed by atoms with Crippen LogP contribution in [0.1, 0.15) is 0 Å². The van der Waals surface area contributed by atoms with Crippen LogP contribution in [-0.2, 0) is 0 Å². The number of para-hydroxylation sites is 2. The topological polar surface area (TPSA) is 38.9 Å². The monoisotopic (exact) mass is 598 g/mol. The Bertz CT molecular complexity index is 2860. The highest BCUT2D eigenvalue weighted by atomic mass is 16.3. The predicted octanol–water partition coefficient (Wildman–Crippen LogP) is 12.0. The van der Waals surface area contributed by atoms with Gasteiger partial charge in [-0.05, 0) is 39.2 Å². The van der Waals surface area contributed by atoms with E-state index in [0.29, 0.717) is 0 Å². The van der Waals surface area contributed by atoms with Crippen molar-refractivity contribution in [3.8, 4) is 33.6 Å². The molecule has 3 nitrogen and oxygen atoms in total. The zero-order valence-corrected chi connectivity index (χ0v) is 25.3. The third-order valence-electron chi connectivity index (χ3n) is 9.45. The molecule has 0 aliphatic carbocycles. The van der Waals surface area contributed by atoms with E-state index < -0.39 is 0 Å². The standard InChI is InChI=1S/C44H26N2O/c1-2-16-30-27(12-1)13-10-23-35(30)41-40(45-42-36-20-5-3-17-32(36)33-18-4-6-21-37(33)43(42)46-41)29-15-9-14-28(26-29)31-22-11-24-38-34-19-7-8-25-39(34)47-44(31)38/h1-26H. The van der Waals surface area contributed by atoms with E-state index >= 15 is 0 Å². The van der Waals surface area contributed by atoms with E-state index in [4.69, 9.17) is 14.4 Å². The first kappa shape index (κ1) is 26.0. The van der Waals surface area contributed by atoms with Crippen LogP contribution in [0.5, 0.6) is 0 Å². The van der Waals surface area contributed by atoms with Crippen molar-refractivity contribution >= 4 is 65.3 Å². The molecule has 0 bridgehead atoms. The lowest BCUT2D eigenvalue weighted by Crippen LogP contribution is -1.98. The van der Waals surface area contributed by atoms with Crippen LogP contribution < -0.4 is 0 Å². The van der Waals surface area contributed by atoms with Gasteiger partial charge in [-0.25, -0.2) is 9.97 Å². The molecule has 0 N–H and O–H groups in total. The maximum absolute atomic E-state index is 6.44. The fraction of sp³-hybridized carbons (Fsp3) is 0. The van der Waals surface area contributed by atoms with E-state index in [1.165, 1.54) is 16.2 Å². The molecule has 2 heterocycles. The normalized spacial score (nSPS) is 11.8. The summed E-state index contributed by atoms with van der Waals surface area (Å²) in [6.45, 7) is 0. The largest absolute Gasteiger partial charge is 0.455 e. The number of hydrogen-bond donors (Lipinski definition) is 0. The first-order valence-corrected chi connectivity index (χ1v) is 15.9. The Labute approximate surface area is 270 Å². The number of nitrogens with zero attached hydrogens (tertiary/aromatic N) is 2. The highest BCUT2D eigenvalue weighted by Crippen LogP contribution is 2.41. The van der Waals surface area contributed by atoms with Crippen molar-refractivity contribution in [1.29, 1.82) is 0 Å². The van der Waals surface area contributed by atoms with E-state index in [9.17, 15) is 0 Å². The minimum Gasteiger partial charge on any atom is -0.455 e. The van der Waals surface area contributed by atoms with E-state index in [1.807, 2.05) is 12.1 Å². The van der Waals surface area contributed by atoms with E-state index in [2.05, 4.69) is 146 Å². The fourth-order valence-corrected chi connectivity index (χ4v) is 7.29. The van der Waals surface area contributed by atoms with Crippen LogP contribution in [0, 0.1) is 0 Å². The van der Waals surface area contributed by atoms with Crippen molar-refractivity contribution in [3.63, 3.8) is 0 Å². The Balaban J connectivity index is 1.30. The minimum absolute atomic E-state index is 0.855. The van der Waals surface area contributed by atoms with Gasteiger partial charge >= 0.3 is 0 Å². The SMILES string of the molecule is c1cc(-c2nc3c4ccccc4c4ccccc4c3nc2-c2cccc3ccccc23)cc(-c2cccc3c2oc2ccccc23)c1. The van der Waals surface area contributed by atoms with Gasteiger partial charge in [-0.15, -0.1) is 0 Å². The summed E-state index contributed by atoms with van der Waals surface area (Å²) in [6.07, 6.45) is 0. The maximum atomic E-state index is 6.44. The number of benzene rings is 8. The summed E-state index contributed by atoms with van der Waals surface area (Å²) in [6, 6.07) is 55.3. The summed E-state index contributed by atoms with van der Waals surface area (Å²) in [5.74, 6) is 0. The predicted molar refractivity (Wildman–Crippen MR) is 196 cm³/mol. The molecule has 0 radical (unpaired) electrons. The molecule has 10 aromatic rings. The molecule has 0 amide bonds. The van der Waals surface area contributed by atoms with Crippen LogP contribution in [-0.4, -0.2) is 9.97 Å². The summed E-state index contributed by atoms with van der Waals surface area (Å²) in [7, 11) is 0. The summed E-state index contributed by atoms with van der Waals surface area (Å²) in [5, 5.41) is 9.13. The second-order valence-corrected chi connectivity index (χ2v) is 12.1. The van der Waals surface area contributed by atoms with Gasteiger partial charge in [0, 0.05) is 38.2 Å². The van der Waals surface area contributed by atoms with Gasteiger partial charge in [-0.1, -0.05) is 146 Å². The average molecular weight is 599 g/mol. The molecule has 0 spiro atoms. The first-order valence-electron chi connectivity index (χ1n) is 15.9. The average Bonchev–Trinajstić information content (AvgIpc) is 3.53. The summed E-state index contributed by atoms with van der Waals surface area (Å²) < 4.78 is 6.44. The van der Waals surface area contributed by atoms with Gasteiger partial charge in [-0.3, -0.25) is 0 Å². The van der Waals surface area contributed by atoms with Crippen molar-refractivity contribution in [3.05, 3.63) is 158 Å². The summed E-state index contributed by atoms with van der Waals surface area (Å²) >= 11 is 0. The van der Waals surface area contributed by atoms with Crippen molar-refractivity contribution in [2.75, 3.05) is 0 Å². The lowest BCUT2D eigenvalue weighted by molar-refractivity contribution is 0.670. The molecule has 0 saturated heterocycles. The Morgan fingerprint density at radius 1 is 0.362 bits per heavy atom. The quantitative estimate of drug-likeness (QED) is 0.190. The van der Waals surface area contributed by atoms with Crippen molar-refractivity contribution < 1.29 is 4.42 Å². The van der Waals surface area contributed by atoms with Gasteiger partial charge in [0.1, 0.15) is 11.2 Å². The number of hydrogen-bond acceptors (Lipinski definition) is 3. The highest BCUT2D eigenvalue weighted by Gasteiger charge is 2.20. The van der Waals surface area contributed by atoms with Gasteiger partial charge < -0.3 is 4.42 Å². The Hall–Kier alpha value is -6.32. The molecule has 0 aliphatic rings. The molecule has 0 atom stereocenters. The molecule has 218 valence electrons. The van der Waals surface area contributed by atoms with Crippen LogP contribution in [0.25, 0.3) is 98.9 Å². The zero-order valence-electron chi connectivity index (χ0n) is 25.3. The van der Waals surface area contributed by atoms with Crippen LogP contribution >= 0.6 is 0 Å². The molecule has 2 aromatic heterocycles. The van der Waals surface area contributed by atoms with Gasteiger partial charge in [-0.2, -0.15) is 0 Å². The Morgan fingerprint density at radius 3 is 1.68 bits per heavy atom. The third kappa shape index (κ3) is 3.93. The Kier molecular flexibility index (Phi) is 5.57. The van der Waals surface area contributed by atoms with Gasteiger partial charge in [0.2, 0.25) is 0 Å². The molecule has 8 aromatic carbocycles. The fourth-order valence-electron chi connectivity index (χ4n) is 7.29. The van der Waals surface area contributed by atoms with E-state index in [-0.39, 0.29) is 0 Å². The second kappa shape index (κ2) is 10.1. The highest BCUT2D eigenvalue weighted by molar-refractivity contribution is 6.23. The van der Waals surface area contributed by atoms with E-state index in [1.54, 1.807) is 0 Å². The molecule has 0 unspecified atom stereocenters.